The van der Waals surface area contributed by atoms with Crippen molar-refractivity contribution >= 4 is 29.2 Å². The van der Waals surface area contributed by atoms with Gasteiger partial charge < -0.3 is 14.5 Å². The maximum Gasteiger partial charge on any atom is 0.306 e. The van der Waals surface area contributed by atoms with E-state index in [0.717, 1.165) is 11.1 Å². The van der Waals surface area contributed by atoms with Gasteiger partial charge in [-0.25, -0.2) is 4.98 Å². The van der Waals surface area contributed by atoms with E-state index >= 15 is 0 Å². The Labute approximate surface area is 165 Å². The Balaban J connectivity index is 1.44. The number of carbonyl (C=O) groups is 2. The van der Waals surface area contributed by atoms with Crippen LogP contribution in [0.3, 0.4) is 0 Å². The van der Waals surface area contributed by atoms with Crippen molar-refractivity contribution in [1.82, 2.24) is 15.2 Å². The molecule has 0 bridgehead atoms. The molecule has 144 valence electrons. The Kier molecular flexibility index (Phi) is 6.33. The van der Waals surface area contributed by atoms with Gasteiger partial charge in [0.25, 0.3) is 5.91 Å². The number of nitrogens with zero attached hydrogens (tertiary/aromatic N) is 3. The number of nitrogens with one attached hydrogen (secondary N) is 1. The number of aromatic nitrogens is 3. The molecule has 0 aliphatic heterocycles. The number of amides is 1. The average molecular weight is 401 g/mol. The van der Waals surface area contributed by atoms with Gasteiger partial charge in [0, 0.05) is 18.2 Å². The Morgan fingerprint density at radius 2 is 1.96 bits per heavy atom. The molecule has 3 rings (SSSR count). The summed E-state index contributed by atoms with van der Waals surface area (Å²) >= 11 is 5.85. The zero-order chi connectivity index (χ0) is 19.9. The highest BCUT2D eigenvalue weighted by Gasteiger charge is 2.13. The Morgan fingerprint density at radius 3 is 2.71 bits per heavy atom. The molecular formula is C19H17ClN4O4. The highest BCUT2D eigenvalue weighted by molar-refractivity contribution is 6.32. The number of rotatable bonds is 7. The summed E-state index contributed by atoms with van der Waals surface area (Å²) in [6.45, 7) is 1.56. The summed E-state index contributed by atoms with van der Waals surface area (Å²) in [5.41, 5.74) is 2.28. The summed E-state index contributed by atoms with van der Waals surface area (Å²) in [5, 5.41) is 10.6. The second-order valence-electron chi connectivity index (χ2n) is 5.92. The van der Waals surface area contributed by atoms with Crippen molar-refractivity contribution in [1.29, 1.82) is 0 Å². The molecule has 0 saturated heterocycles. The van der Waals surface area contributed by atoms with E-state index in [1.807, 2.05) is 31.2 Å². The highest BCUT2D eigenvalue weighted by atomic mass is 35.5. The second-order valence-corrected chi connectivity index (χ2v) is 6.28. The second kappa shape index (κ2) is 9.09. The van der Waals surface area contributed by atoms with E-state index in [4.69, 9.17) is 20.8 Å². The van der Waals surface area contributed by atoms with Crippen LogP contribution in [0.15, 0.2) is 47.0 Å². The summed E-state index contributed by atoms with van der Waals surface area (Å²) in [4.78, 5) is 27.5. The fourth-order valence-electron chi connectivity index (χ4n) is 2.26. The fourth-order valence-corrected chi connectivity index (χ4v) is 2.43. The van der Waals surface area contributed by atoms with Crippen LogP contribution in [0, 0.1) is 6.92 Å². The van der Waals surface area contributed by atoms with Crippen molar-refractivity contribution in [3.63, 3.8) is 0 Å². The van der Waals surface area contributed by atoms with Gasteiger partial charge in [0.05, 0.1) is 12.1 Å². The van der Waals surface area contributed by atoms with Crippen molar-refractivity contribution < 1.29 is 18.7 Å². The number of anilines is 1. The van der Waals surface area contributed by atoms with E-state index in [2.05, 4.69) is 20.5 Å². The zero-order valence-corrected chi connectivity index (χ0v) is 15.8. The summed E-state index contributed by atoms with van der Waals surface area (Å²) in [6, 6.07) is 10.9. The highest BCUT2D eigenvalue weighted by Crippen LogP contribution is 2.19. The monoisotopic (exact) mass is 400 g/mol. The molecule has 2 heterocycles. The zero-order valence-electron chi connectivity index (χ0n) is 15.0. The van der Waals surface area contributed by atoms with Crippen LogP contribution in [0.5, 0.6) is 0 Å². The predicted octanol–water partition coefficient (Wildman–Crippen LogP) is 3.21. The first-order chi connectivity index (χ1) is 13.5. The van der Waals surface area contributed by atoms with Crippen LogP contribution in [0.4, 0.5) is 5.69 Å². The third-order valence-corrected chi connectivity index (χ3v) is 4.01. The molecule has 1 N–H and O–H groups in total. The predicted molar refractivity (Wildman–Crippen MR) is 102 cm³/mol. The number of aryl methyl sites for hydroxylation is 2. The first-order valence-electron chi connectivity index (χ1n) is 8.46. The van der Waals surface area contributed by atoms with Gasteiger partial charge in [0.1, 0.15) is 0 Å². The summed E-state index contributed by atoms with van der Waals surface area (Å²) < 4.78 is 10.5. The van der Waals surface area contributed by atoms with Crippen LogP contribution in [0.25, 0.3) is 11.5 Å². The molecule has 0 aliphatic rings. The lowest BCUT2D eigenvalue weighted by Crippen LogP contribution is -2.21. The minimum absolute atomic E-state index is 0.0104. The Hall–Kier alpha value is -3.26. The van der Waals surface area contributed by atoms with Crippen molar-refractivity contribution in [3.05, 3.63) is 59.2 Å². The average Bonchev–Trinajstić information content (AvgIpc) is 3.16. The number of halogens is 1. The van der Waals surface area contributed by atoms with E-state index < -0.39 is 18.5 Å². The lowest BCUT2D eigenvalue weighted by Gasteiger charge is -2.06. The third kappa shape index (κ3) is 5.37. The first kappa shape index (κ1) is 19.5. The van der Waals surface area contributed by atoms with Crippen molar-refractivity contribution in [2.45, 2.75) is 19.8 Å². The minimum Gasteiger partial charge on any atom is -0.456 e. The molecule has 8 nitrogen and oxygen atoms in total. The van der Waals surface area contributed by atoms with Crippen LogP contribution in [-0.4, -0.2) is 33.7 Å². The van der Waals surface area contributed by atoms with Gasteiger partial charge in [-0.1, -0.05) is 29.3 Å². The van der Waals surface area contributed by atoms with Gasteiger partial charge in [-0.15, -0.1) is 10.2 Å². The van der Waals surface area contributed by atoms with Crippen LogP contribution < -0.4 is 5.32 Å². The largest absolute Gasteiger partial charge is 0.456 e. The maximum atomic E-state index is 11.8. The van der Waals surface area contributed by atoms with Crippen LogP contribution >= 0.6 is 11.6 Å². The first-order valence-corrected chi connectivity index (χ1v) is 8.84. The number of hydrogen-bond donors (Lipinski definition) is 1. The number of esters is 1. The van der Waals surface area contributed by atoms with Crippen molar-refractivity contribution in [3.8, 4) is 11.5 Å². The molecule has 2 aromatic heterocycles. The molecule has 1 amide bonds. The molecule has 0 aliphatic carbocycles. The molecule has 1 aromatic carbocycles. The van der Waals surface area contributed by atoms with Crippen LogP contribution in [0.2, 0.25) is 5.15 Å². The molecule has 28 heavy (non-hydrogen) atoms. The molecule has 0 atom stereocenters. The lowest BCUT2D eigenvalue weighted by molar-refractivity contribution is -0.147. The summed E-state index contributed by atoms with van der Waals surface area (Å²) in [7, 11) is 0. The van der Waals surface area contributed by atoms with Gasteiger partial charge >= 0.3 is 5.97 Å². The topological polar surface area (TPSA) is 107 Å². The van der Waals surface area contributed by atoms with Crippen LogP contribution in [-0.2, 0) is 20.7 Å². The van der Waals surface area contributed by atoms with Gasteiger partial charge in [-0.3, -0.25) is 9.59 Å². The molecular weight excluding hydrogens is 384 g/mol. The molecule has 0 radical (unpaired) electrons. The van der Waals surface area contributed by atoms with Gasteiger partial charge in [-0.05, 0) is 31.2 Å². The third-order valence-electron chi connectivity index (χ3n) is 3.71. The van der Waals surface area contributed by atoms with E-state index in [-0.39, 0.29) is 18.0 Å². The normalized spacial score (nSPS) is 10.5. The van der Waals surface area contributed by atoms with E-state index in [9.17, 15) is 9.59 Å². The summed E-state index contributed by atoms with van der Waals surface area (Å²) in [5.74, 6) is -0.361. The van der Waals surface area contributed by atoms with Crippen molar-refractivity contribution in [2.24, 2.45) is 0 Å². The van der Waals surface area contributed by atoms with E-state index in [1.54, 1.807) is 12.1 Å². The van der Waals surface area contributed by atoms with E-state index in [0.29, 0.717) is 17.5 Å². The number of carbonyl (C=O) groups excluding carboxylic acids is 2. The molecule has 0 fully saturated rings. The molecule has 0 spiro atoms. The number of pyridine rings is 1. The minimum atomic E-state index is -0.553. The van der Waals surface area contributed by atoms with E-state index in [1.165, 1.54) is 6.20 Å². The SMILES string of the molecule is Cc1ccc(-c2nnc(CCC(=O)OCC(=O)Nc3cccnc3Cl)o2)cc1. The van der Waals surface area contributed by atoms with Gasteiger partial charge in [0.2, 0.25) is 11.8 Å². The molecule has 0 unspecified atom stereocenters. The number of ether oxygens (including phenoxy) is 1. The molecule has 9 heteroatoms. The van der Waals surface area contributed by atoms with Gasteiger partial charge in [-0.2, -0.15) is 0 Å². The lowest BCUT2D eigenvalue weighted by atomic mass is 10.1. The summed E-state index contributed by atoms with van der Waals surface area (Å²) in [6.07, 6.45) is 1.73. The fraction of sp³-hybridized carbons (Fsp3) is 0.211. The van der Waals surface area contributed by atoms with Crippen molar-refractivity contribution in [2.75, 3.05) is 11.9 Å². The van der Waals surface area contributed by atoms with Gasteiger partial charge in [0.15, 0.2) is 11.8 Å². The number of benzene rings is 1. The molecule has 3 aromatic rings. The standard InChI is InChI=1S/C19H17ClN4O4/c1-12-4-6-13(7-5-12)19-24-23-16(28-19)8-9-17(26)27-11-15(25)22-14-3-2-10-21-18(14)20/h2-7,10H,8-9,11H2,1H3,(H,22,25). The van der Waals surface area contributed by atoms with Crippen LogP contribution in [0.1, 0.15) is 17.9 Å². The number of hydrogen-bond acceptors (Lipinski definition) is 7. The smallest absolute Gasteiger partial charge is 0.306 e. The molecule has 0 saturated carbocycles. The Bertz CT molecular complexity index is 972. The Morgan fingerprint density at radius 1 is 1.18 bits per heavy atom. The quantitative estimate of drug-likeness (QED) is 0.479. The maximum absolute atomic E-state index is 11.8.